The summed E-state index contributed by atoms with van der Waals surface area (Å²) in [4.78, 5) is 12.6. The van der Waals surface area contributed by atoms with Gasteiger partial charge in [0, 0.05) is 32.5 Å². The van der Waals surface area contributed by atoms with Crippen LogP contribution in [0.3, 0.4) is 0 Å². The Balaban J connectivity index is 1.81. The van der Waals surface area contributed by atoms with Gasteiger partial charge in [-0.3, -0.25) is 9.48 Å². The normalized spacial score (nSPS) is 17.6. The van der Waals surface area contributed by atoms with Gasteiger partial charge in [0.2, 0.25) is 5.91 Å². The molecule has 0 bridgehead atoms. The fourth-order valence-corrected chi connectivity index (χ4v) is 2.57. The van der Waals surface area contributed by atoms with Crippen LogP contribution in [-0.2, 0) is 16.1 Å². The van der Waals surface area contributed by atoms with Crippen molar-refractivity contribution in [2.24, 2.45) is 11.1 Å². The highest BCUT2D eigenvalue weighted by Crippen LogP contribution is 2.31. The number of carbonyl (C=O) groups excluding carboxylic acids is 1. The summed E-state index contributed by atoms with van der Waals surface area (Å²) in [5.41, 5.74) is 5.03. The van der Waals surface area contributed by atoms with Gasteiger partial charge < -0.3 is 15.8 Å². The van der Waals surface area contributed by atoms with Gasteiger partial charge >= 0.3 is 0 Å². The van der Waals surface area contributed by atoms with Gasteiger partial charge in [-0.15, -0.1) is 5.10 Å². The highest BCUT2D eigenvalue weighted by Gasteiger charge is 2.42. The maximum Gasteiger partial charge on any atom is 0.233 e. The third kappa shape index (κ3) is 3.31. The van der Waals surface area contributed by atoms with E-state index in [9.17, 15) is 4.79 Å². The highest BCUT2D eigenvalue weighted by atomic mass is 32.1. The molecule has 110 valence electrons. The minimum atomic E-state index is -0.749. The summed E-state index contributed by atoms with van der Waals surface area (Å²) >= 11 is 5.09. The summed E-state index contributed by atoms with van der Waals surface area (Å²) in [6.45, 7) is 2.31. The van der Waals surface area contributed by atoms with E-state index in [0.717, 1.165) is 6.42 Å². The number of ether oxygens (including phenoxy) is 1. The maximum absolute atomic E-state index is 12.4. The molecule has 0 aromatic carbocycles. The minimum Gasteiger partial charge on any atom is -0.392 e. The van der Waals surface area contributed by atoms with Crippen molar-refractivity contribution < 1.29 is 9.53 Å². The number of rotatable bonds is 6. The van der Waals surface area contributed by atoms with Crippen LogP contribution in [0.2, 0.25) is 0 Å². The summed E-state index contributed by atoms with van der Waals surface area (Å²) in [5.74, 6) is -0.0908. The number of hydrogen-bond acceptors (Lipinski definition) is 5. The van der Waals surface area contributed by atoms with E-state index in [1.807, 2.05) is 0 Å². The Morgan fingerprint density at radius 1 is 1.50 bits per heavy atom. The number of aromatic nitrogens is 3. The zero-order valence-corrected chi connectivity index (χ0v) is 12.1. The first-order valence-electron chi connectivity index (χ1n) is 6.65. The first kappa shape index (κ1) is 14.9. The molecular weight excluding hydrogens is 278 g/mol. The SMILES string of the molecule is NC(=S)C1(C(=O)NCCCn2ccnn2)CCOCC1. The number of nitrogens with one attached hydrogen (secondary N) is 1. The number of amides is 1. The van der Waals surface area contributed by atoms with E-state index in [2.05, 4.69) is 15.6 Å². The Bertz CT molecular complexity index is 456. The first-order valence-corrected chi connectivity index (χ1v) is 7.06. The molecule has 1 aliphatic heterocycles. The molecule has 3 N–H and O–H groups in total. The van der Waals surface area contributed by atoms with Crippen LogP contribution in [-0.4, -0.2) is 45.6 Å². The molecule has 1 aromatic rings. The van der Waals surface area contributed by atoms with Gasteiger partial charge in [-0.2, -0.15) is 0 Å². The van der Waals surface area contributed by atoms with Crippen LogP contribution in [0.15, 0.2) is 12.4 Å². The van der Waals surface area contributed by atoms with Crippen LogP contribution in [0.5, 0.6) is 0 Å². The third-order valence-corrected chi connectivity index (χ3v) is 3.96. The molecule has 0 aliphatic carbocycles. The first-order chi connectivity index (χ1) is 9.65. The standard InChI is InChI=1S/C12H19N5O2S/c13-10(20)12(2-8-19-9-3-12)11(18)14-4-1-6-17-7-5-15-16-17/h5,7H,1-4,6,8-9H2,(H2,13,20)(H,14,18). The van der Waals surface area contributed by atoms with Gasteiger partial charge in [0.15, 0.2) is 0 Å². The molecule has 1 fully saturated rings. The summed E-state index contributed by atoms with van der Waals surface area (Å²) in [7, 11) is 0. The number of aryl methyl sites for hydroxylation is 1. The molecule has 20 heavy (non-hydrogen) atoms. The summed E-state index contributed by atoms with van der Waals surface area (Å²) in [5, 5.41) is 10.5. The molecule has 1 aliphatic rings. The van der Waals surface area contributed by atoms with Gasteiger partial charge in [-0.25, -0.2) is 0 Å². The molecule has 0 spiro atoms. The Hall–Kier alpha value is -1.54. The monoisotopic (exact) mass is 297 g/mol. The quantitative estimate of drug-likeness (QED) is 0.561. The predicted octanol–water partition coefficient (Wildman–Crippen LogP) is -0.133. The number of nitrogens with zero attached hydrogens (tertiary/aromatic N) is 3. The van der Waals surface area contributed by atoms with E-state index in [-0.39, 0.29) is 10.9 Å². The molecule has 2 heterocycles. The summed E-state index contributed by atoms with van der Waals surface area (Å²) in [6, 6.07) is 0. The van der Waals surface area contributed by atoms with E-state index < -0.39 is 5.41 Å². The van der Waals surface area contributed by atoms with Crippen molar-refractivity contribution >= 4 is 23.1 Å². The smallest absolute Gasteiger partial charge is 0.233 e. The fourth-order valence-electron chi connectivity index (χ4n) is 2.27. The lowest BCUT2D eigenvalue weighted by Crippen LogP contribution is -2.52. The largest absolute Gasteiger partial charge is 0.392 e. The van der Waals surface area contributed by atoms with Crippen LogP contribution < -0.4 is 11.1 Å². The van der Waals surface area contributed by atoms with E-state index >= 15 is 0 Å². The molecule has 8 heteroatoms. The topological polar surface area (TPSA) is 95.1 Å². The molecule has 1 saturated heterocycles. The van der Waals surface area contributed by atoms with Crippen molar-refractivity contribution in [1.82, 2.24) is 20.3 Å². The van der Waals surface area contributed by atoms with Crippen molar-refractivity contribution in [3.05, 3.63) is 12.4 Å². The van der Waals surface area contributed by atoms with E-state index in [1.165, 1.54) is 0 Å². The second-order valence-corrected chi connectivity index (χ2v) is 5.27. The second kappa shape index (κ2) is 6.76. The summed E-state index contributed by atoms with van der Waals surface area (Å²) in [6.07, 6.45) is 5.30. The average molecular weight is 297 g/mol. The number of hydrogen-bond donors (Lipinski definition) is 2. The second-order valence-electron chi connectivity index (χ2n) is 4.83. The zero-order valence-electron chi connectivity index (χ0n) is 11.2. The van der Waals surface area contributed by atoms with Crippen molar-refractivity contribution in [3.63, 3.8) is 0 Å². The van der Waals surface area contributed by atoms with Gasteiger partial charge in [-0.1, -0.05) is 17.4 Å². The van der Waals surface area contributed by atoms with Crippen LogP contribution >= 0.6 is 12.2 Å². The lowest BCUT2D eigenvalue weighted by atomic mass is 9.79. The van der Waals surface area contributed by atoms with Gasteiger partial charge in [0.1, 0.15) is 5.41 Å². The lowest BCUT2D eigenvalue weighted by molar-refractivity contribution is -0.131. The molecule has 0 radical (unpaired) electrons. The van der Waals surface area contributed by atoms with E-state index in [1.54, 1.807) is 17.1 Å². The van der Waals surface area contributed by atoms with Crippen LogP contribution in [0, 0.1) is 5.41 Å². The number of carbonyl (C=O) groups is 1. The molecule has 0 atom stereocenters. The van der Waals surface area contributed by atoms with Gasteiger partial charge in [0.25, 0.3) is 0 Å². The Morgan fingerprint density at radius 2 is 2.25 bits per heavy atom. The van der Waals surface area contributed by atoms with E-state index in [0.29, 0.717) is 39.1 Å². The average Bonchev–Trinajstić information content (AvgIpc) is 2.97. The van der Waals surface area contributed by atoms with Crippen molar-refractivity contribution in [3.8, 4) is 0 Å². The van der Waals surface area contributed by atoms with Crippen LogP contribution in [0.1, 0.15) is 19.3 Å². The molecule has 7 nitrogen and oxygen atoms in total. The zero-order chi connectivity index (χ0) is 14.4. The lowest BCUT2D eigenvalue weighted by Gasteiger charge is -2.34. The van der Waals surface area contributed by atoms with Crippen LogP contribution in [0.4, 0.5) is 0 Å². The molecule has 0 saturated carbocycles. The summed E-state index contributed by atoms with van der Waals surface area (Å²) < 4.78 is 7.01. The Labute approximate surface area is 122 Å². The molecule has 2 rings (SSSR count). The van der Waals surface area contributed by atoms with Gasteiger partial charge in [-0.05, 0) is 19.3 Å². The number of thiocarbonyl (C=S) groups is 1. The Morgan fingerprint density at radius 3 is 2.85 bits per heavy atom. The predicted molar refractivity (Wildman–Crippen MR) is 76.9 cm³/mol. The third-order valence-electron chi connectivity index (χ3n) is 3.57. The maximum atomic E-state index is 12.4. The van der Waals surface area contributed by atoms with Crippen LogP contribution in [0.25, 0.3) is 0 Å². The molecule has 0 unspecified atom stereocenters. The molecule has 1 aromatic heterocycles. The molecular formula is C12H19N5O2S. The fraction of sp³-hybridized carbons (Fsp3) is 0.667. The minimum absolute atomic E-state index is 0.0908. The van der Waals surface area contributed by atoms with Crippen molar-refractivity contribution in [1.29, 1.82) is 0 Å². The van der Waals surface area contributed by atoms with Gasteiger partial charge in [0.05, 0.1) is 11.2 Å². The van der Waals surface area contributed by atoms with Crippen molar-refractivity contribution in [2.45, 2.75) is 25.8 Å². The molecule has 1 amide bonds. The van der Waals surface area contributed by atoms with Crippen molar-refractivity contribution in [2.75, 3.05) is 19.8 Å². The number of nitrogens with two attached hydrogens (primary N) is 1. The van der Waals surface area contributed by atoms with E-state index in [4.69, 9.17) is 22.7 Å². The Kier molecular flexibility index (Phi) is 5.02. The highest BCUT2D eigenvalue weighted by molar-refractivity contribution is 7.80.